The number of nitro groups is 1. The quantitative estimate of drug-likeness (QED) is 0.217. The molecule has 8 nitrogen and oxygen atoms in total. The molecule has 160 valence electrons. The standard InChI is InChI=1S/C20H15BrCl2N4O4/c1-30-18-9-13(10-25-26-20-17(27(28)29)3-2-6-24-20)7-14(21)19(18)31-11-12-4-5-15(22)16(23)8-12/h2-10H,11H2,1H3,(H,24,26)/b25-10-. The molecule has 0 atom stereocenters. The molecule has 0 bridgehead atoms. The van der Waals surface area contributed by atoms with Crippen LogP contribution in [0.15, 0.2) is 58.2 Å². The van der Waals surface area contributed by atoms with Gasteiger partial charge in [0.2, 0.25) is 5.82 Å². The van der Waals surface area contributed by atoms with Crippen LogP contribution in [0.25, 0.3) is 0 Å². The van der Waals surface area contributed by atoms with Crippen molar-refractivity contribution in [3.63, 3.8) is 0 Å². The third kappa shape index (κ3) is 5.84. The van der Waals surface area contributed by atoms with Gasteiger partial charge < -0.3 is 9.47 Å². The van der Waals surface area contributed by atoms with Crippen LogP contribution in [0.2, 0.25) is 10.0 Å². The Labute approximate surface area is 196 Å². The van der Waals surface area contributed by atoms with Crippen LogP contribution in [0.1, 0.15) is 11.1 Å². The number of hydrogen-bond donors (Lipinski definition) is 1. The maximum Gasteiger partial charge on any atom is 0.313 e. The number of pyridine rings is 1. The number of hydrazone groups is 1. The fraction of sp³-hybridized carbons (Fsp3) is 0.100. The lowest BCUT2D eigenvalue weighted by molar-refractivity contribution is -0.384. The summed E-state index contributed by atoms with van der Waals surface area (Å²) in [4.78, 5) is 14.4. The molecule has 3 aromatic rings. The van der Waals surface area contributed by atoms with Crippen molar-refractivity contribution >= 4 is 56.9 Å². The Hall–Kier alpha value is -2.88. The molecule has 31 heavy (non-hydrogen) atoms. The summed E-state index contributed by atoms with van der Waals surface area (Å²) < 4.78 is 12.0. The molecule has 1 N–H and O–H groups in total. The SMILES string of the molecule is COc1cc(/C=N\Nc2ncccc2[N+](=O)[O-])cc(Br)c1OCc1ccc(Cl)c(Cl)c1. The molecule has 0 aliphatic carbocycles. The zero-order valence-electron chi connectivity index (χ0n) is 16.0. The lowest BCUT2D eigenvalue weighted by Gasteiger charge is -2.14. The summed E-state index contributed by atoms with van der Waals surface area (Å²) in [5, 5.41) is 16.0. The minimum absolute atomic E-state index is 0.0383. The third-order valence-corrected chi connectivity index (χ3v) is 5.31. The number of anilines is 1. The molecule has 11 heteroatoms. The highest BCUT2D eigenvalue weighted by molar-refractivity contribution is 9.10. The molecule has 0 amide bonds. The van der Waals surface area contributed by atoms with Gasteiger partial charge in [-0.15, -0.1) is 0 Å². The number of ether oxygens (including phenoxy) is 2. The minimum Gasteiger partial charge on any atom is -0.493 e. The van der Waals surface area contributed by atoms with Gasteiger partial charge in [0.05, 0.1) is 32.8 Å². The Morgan fingerprint density at radius 3 is 2.77 bits per heavy atom. The van der Waals surface area contributed by atoms with Gasteiger partial charge in [-0.05, 0) is 57.4 Å². The maximum atomic E-state index is 11.0. The van der Waals surface area contributed by atoms with Gasteiger partial charge in [0.1, 0.15) is 6.61 Å². The van der Waals surface area contributed by atoms with Gasteiger partial charge >= 0.3 is 5.69 Å². The molecule has 0 fully saturated rings. The molecule has 3 rings (SSSR count). The van der Waals surface area contributed by atoms with E-state index in [0.717, 1.165) is 5.56 Å². The summed E-state index contributed by atoms with van der Waals surface area (Å²) >= 11 is 15.5. The summed E-state index contributed by atoms with van der Waals surface area (Å²) in [6.45, 7) is 0.254. The van der Waals surface area contributed by atoms with Crippen LogP contribution in [-0.4, -0.2) is 23.2 Å². The number of methoxy groups -OCH3 is 1. The highest BCUT2D eigenvalue weighted by Gasteiger charge is 2.14. The largest absolute Gasteiger partial charge is 0.493 e. The van der Waals surface area contributed by atoms with Gasteiger partial charge in [0.25, 0.3) is 0 Å². The van der Waals surface area contributed by atoms with E-state index in [0.29, 0.717) is 31.6 Å². The van der Waals surface area contributed by atoms with E-state index in [1.54, 1.807) is 24.3 Å². The van der Waals surface area contributed by atoms with Crippen molar-refractivity contribution in [2.24, 2.45) is 5.10 Å². The topological polar surface area (TPSA) is 98.9 Å². The zero-order valence-corrected chi connectivity index (χ0v) is 19.1. The number of nitrogens with zero attached hydrogens (tertiary/aromatic N) is 3. The van der Waals surface area contributed by atoms with Crippen LogP contribution < -0.4 is 14.9 Å². The first-order valence-corrected chi connectivity index (χ1v) is 10.3. The average Bonchev–Trinajstić information content (AvgIpc) is 2.75. The average molecular weight is 526 g/mol. The van der Waals surface area contributed by atoms with Gasteiger partial charge in [0, 0.05) is 12.3 Å². The van der Waals surface area contributed by atoms with Crippen LogP contribution in [0.5, 0.6) is 11.5 Å². The van der Waals surface area contributed by atoms with Gasteiger partial charge in [-0.25, -0.2) is 4.98 Å². The van der Waals surface area contributed by atoms with Crippen molar-refractivity contribution in [2.75, 3.05) is 12.5 Å². The smallest absolute Gasteiger partial charge is 0.313 e. The van der Waals surface area contributed by atoms with Crippen molar-refractivity contribution in [3.8, 4) is 11.5 Å². The summed E-state index contributed by atoms with van der Waals surface area (Å²) in [6, 6.07) is 11.5. The van der Waals surface area contributed by atoms with Crippen molar-refractivity contribution in [2.45, 2.75) is 6.61 Å². The highest BCUT2D eigenvalue weighted by atomic mass is 79.9. The fourth-order valence-corrected chi connectivity index (χ4v) is 3.43. The second-order valence-electron chi connectivity index (χ2n) is 6.07. The Bertz CT molecular complexity index is 1140. The van der Waals surface area contributed by atoms with Crippen molar-refractivity contribution in [1.29, 1.82) is 0 Å². The van der Waals surface area contributed by atoms with Crippen molar-refractivity contribution < 1.29 is 14.4 Å². The zero-order chi connectivity index (χ0) is 22.4. The van der Waals surface area contributed by atoms with Crippen LogP contribution in [0, 0.1) is 10.1 Å². The predicted molar refractivity (Wildman–Crippen MR) is 124 cm³/mol. The van der Waals surface area contributed by atoms with Crippen LogP contribution >= 0.6 is 39.1 Å². The second kappa shape index (κ2) is 10.4. The number of benzene rings is 2. The molecular formula is C20H15BrCl2N4O4. The Kier molecular flexibility index (Phi) is 7.67. The lowest BCUT2D eigenvalue weighted by atomic mass is 10.2. The molecule has 1 heterocycles. The normalized spacial score (nSPS) is 10.8. The Morgan fingerprint density at radius 2 is 2.06 bits per heavy atom. The molecule has 0 aliphatic rings. The monoisotopic (exact) mass is 524 g/mol. The molecule has 0 unspecified atom stereocenters. The summed E-state index contributed by atoms with van der Waals surface area (Å²) in [5.74, 6) is 1.01. The van der Waals surface area contributed by atoms with E-state index < -0.39 is 4.92 Å². The molecule has 0 aliphatic heterocycles. The van der Waals surface area contributed by atoms with E-state index in [2.05, 4.69) is 31.4 Å². The first-order valence-electron chi connectivity index (χ1n) is 8.71. The second-order valence-corrected chi connectivity index (χ2v) is 7.74. The number of nitrogens with one attached hydrogen (secondary N) is 1. The van der Waals surface area contributed by atoms with Crippen LogP contribution in [-0.2, 0) is 6.61 Å². The molecule has 0 radical (unpaired) electrons. The summed E-state index contributed by atoms with van der Waals surface area (Å²) in [5.41, 5.74) is 3.91. The van der Waals surface area contributed by atoms with E-state index in [1.165, 1.54) is 31.7 Å². The maximum absolute atomic E-state index is 11.0. The third-order valence-electron chi connectivity index (χ3n) is 3.99. The fourth-order valence-electron chi connectivity index (χ4n) is 2.54. The summed E-state index contributed by atoms with van der Waals surface area (Å²) in [7, 11) is 1.52. The molecule has 0 spiro atoms. The Balaban J connectivity index is 1.75. The molecule has 2 aromatic carbocycles. The first-order chi connectivity index (χ1) is 14.9. The number of hydrogen-bond acceptors (Lipinski definition) is 7. The van der Waals surface area contributed by atoms with Gasteiger partial charge in [-0.2, -0.15) is 5.10 Å². The molecule has 1 aromatic heterocycles. The summed E-state index contributed by atoms with van der Waals surface area (Å²) in [6.07, 6.45) is 2.92. The minimum atomic E-state index is -0.537. The van der Waals surface area contributed by atoms with Gasteiger partial charge in [-0.1, -0.05) is 29.3 Å². The number of aromatic nitrogens is 1. The molecule has 0 saturated heterocycles. The van der Waals surface area contributed by atoms with E-state index in [9.17, 15) is 10.1 Å². The number of rotatable bonds is 8. The van der Waals surface area contributed by atoms with Gasteiger partial charge in [-0.3, -0.25) is 15.5 Å². The predicted octanol–water partition coefficient (Wildman–Crippen LogP) is 6.09. The molecular weight excluding hydrogens is 511 g/mol. The lowest BCUT2D eigenvalue weighted by Crippen LogP contribution is -2.01. The van der Waals surface area contributed by atoms with E-state index in [-0.39, 0.29) is 18.1 Å². The first kappa shape index (κ1) is 22.8. The number of halogens is 3. The Morgan fingerprint density at radius 1 is 1.26 bits per heavy atom. The molecule has 0 saturated carbocycles. The van der Waals surface area contributed by atoms with E-state index >= 15 is 0 Å². The highest BCUT2D eigenvalue weighted by Crippen LogP contribution is 2.37. The van der Waals surface area contributed by atoms with Gasteiger partial charge in [0.15, 0.2) is 11.5 Å². The van der Waals surface area contributed by atoms with Crippen molar-refractivity contribution in [3.05, 3.63) is 84.4 Å². The van der Waals surface area contributed by atoms with Crippen molar-refractivity contribution in [1.82, 2.24) is 4.98 Å². The van der Waals surface area contributed by atoms with E-state index in [4.69, 9.17) is 32.7 Å². The van der Waals surface area contributed by atoms with E-state index in [1.807, 2.05) is 6.07 Å². The van der Waals surface area contributed by atoms with Crippen LogP contribution in [0.4, 0.5) is 11.5 Å². The van der Waals surface area contributed by atoms with Crippen LogP contribution in [0.3, 0.4) is 0 Å².